The Labute approximate surface area is 188 Å². The van der Waals surface area contributed by atoms with Gasteiger partial charge in [0.1, 0.15) is 22.6 Å². The fraction of sp³-hybridized carbons (Fsp3) is 0.400. The van der Waals surface area contributed by atoms with E-state index in [-0.39, 0.29) is 36.2 Å². The Morgan fingerprint density at radius 3 is 2.42 bits per heavy atom. The molecule has 0 bridgehead atoms. The highest BCUT2D eigenvalue weighted by molar-refractivity contribution is 7.89. The Balaban J connectivity index is 1.86. The van der Waals surface area contributed by atoms with Gasteiger partial charge in [-0.15, -0.1) is 5.92 Å². The first kappa shape index (κ1) is 24.7. The second-order valence-corrected chi connectivity index (χ2v) is 9.24. The molecule has 1 aliphatic rings. The van der Waals surface area contributed by atoms with Crippen molar-refractivity contribution < 1.29 is 31.8 Å². The summed E-state index contributed by atoms with van der Waals surface area (Å²) in [6, 6.07) is 4.39. The van der Waals surface area contributed by atoms with Crippen molar-refractivity contribution in [2.24, 2.45) is 0 Å². The van der Waals surface area contributed by atoms with Gasteiger partial charge in [-0.05, 0) is 25.1 Å². The number of pyridine rings is 2. The number of hydrogen-bond donors (Lipinski definition) is 3. The number of sulfonamides is 1. The number of hydrogen-bond acceptors (Lipinski definition) is 8. The van der Waals surface area contributed by atoms with Crippen LogP contribution < -0.4 is 10.6 Å². The monoisotopic (exact) mass is 485 g/mol. The minimum absolute atomic E-state index is 0.0138. The number of aliphatic hydroxyl groups excluding tert-OH is 1. The first-order valence-corrected chi connectivity index (χ1v) is 11.1. The first-order chi connectivity index (χ1) is 15.4. The lowest BCUT2D eigenvalue weighted by atomic mass is 9.95. The smallest absolute Gasteiger partial charge is 0.393 e. The molecule has 2 aromatic heterocycles. The highest BCUT2D eigenvalue weighted by Gasteiger charge is 2.55. The highest BCUT2D eigenvalue weighted by atomic mass is 32.2. The fourth-order valence-electron chi connectivity index (χ4n) is 3.38. The number of aliphatic hydroxyl groups is 2. The number of alkyl halides is 3. The van der Waals surface area contributed by atoms with Crippen LogP contribution in [-0.2, 0) is 15.6 Å². The van der Waals surface area contributed by atoms with E-state index in [1.54, 1.807) is 11.8 Å². The summed E-state index contributed by atoms with van der Waals surface area (Å²) < 4.78 is 66.8. The van der Waals surface area contributed by atoms with Crippen LogP contribution in [0.1, 0.15) is 12.5 Å². The summed E-state index contributed by atoms with van der Waals surface area (Å²) in [4.78, 5) is 9.47. The van der Waals surface area contributed by atoms with E-state index in [4.69, 9.17) is 10.8 Å². The summed E-state index contributed by atoms with van der Waals surface area (Å²) in [5.74, 6) is 6.06. The Kier molecular flexibility index (Phi) is 6.85. The van der Waals surface area contributed by atoms with Gasteiger partial charge in [-0.2, -0.15) is 17.5 Å². The Hall–Kier alpha value is -2.92. The number of halogens is 3. The van der Waals surface area contributed by atoms with E-state index >= 15 is 0 Å². The van der Waals surface area contributed by atoms with Crippen LogP contribution in [0.15, 0.2) is 41.6 Å². The molecule has 1 aliphatic heterocycles. The van der Waals surface area contributed by atoms with Crippen LogP contribution in [0.4, 0.5) is 24.8 Å². The molecule has 9 nitrogen and oxygen atoms in total. The van der Waals surface area contributed by atoms with Crippen molar-refractivity contribution in [2.75, 3.05) is 36.9 Å². The maximum Gasteiger partial charge on any atom is 0.423 e. The molecule has 1 fully saturated rings. The van der Waals surface area contributed by atoms with Crippen LogP contribution in [0.2, 0.25) is 0 Å². The van der Waals surface area contributed by atoms with E-state index in [2.05, 4.69) is 21.8 Å². The standard InChI is InChI=1S/C20H22F3N5O4S/c1-2-3-15-12-27(33(31,32)16-5-6-17(24)25-11-16)8-9-28(15)18-7-4-14(10-26-18)19(30,13-29)20(21,22)23/h4-7,10-11,15,29-30H,8-9,12-13H2,1H3,(H2,24,25)/t15-,19-/m0/s1. The molecule has 178 valence electrons. The molecule has 33 heavy (non-hydrogen) atoms. The van der Waals surface area contributed by atoms with E-state index in [9.17, 15) is 26.7 Å². The van der Waals surface area contributed by atoms with E-state index in [1.165, 1.54) is 28.7 Å². The van der Waals surface area contributed by atoms with E-state index in [0.29, 0.717) is 0 Å². The summed E-state index contributed by atoms with van der Waals surface area (Å²) in [5, 5.41) is 19.0. The SMILES string of the molecule is CC#C[C@H]1CN(S(=O)(=O)c2ccc(N)nc2)CCN1c1ccc([C@@](O)(CO)C(F)(F)F)cn1. The van der Waals surface area contributed by atoms with Crippen molar-refractivity contribution in [1.29, 1.82) is 0 Å². The molecule has 3 rings (SSSR count). The number of rotatable bonds is 5. The van der Waals surface area contributed by atoms with E-state index < -0.39 is 40.0 Å². The number of nitrogens with zero attached hydrogens (tertiary/aromatic N) is 4. The van der Waals surface area contributed by atoms with Gasteiger partial charge in [-0.25, -0.2) is 18.4 Å². The third-order valence-corrected chi connectivity index (χ3v) is 7.12. The third-order valence-electron chi connectivity index (χ3n) is 5.27. The first-order valence-electron chi connectivity index (χ1n) is 9.71. The average Bonchev–Trinajstić information content (AvgIpc) is 2.78. The molecule has 0 spiro atoms. The van der Waals surface area contributed by atoms with Gasteiger partial charge in [-0.3, -0.25) is 0 Å². The van der Waals surface area contributed by atoms with E-state index in [0.717, 1.165) is 12.3 Å². The predicted octanol–water partition coefficient (Wildman–Crippen LogP) is 0.704. The normalized spacial score (nSPS) is 19.5. The van der Waals surface area contributed by atoms with Gasteiger partial charge in [0.05, 0.1) is 6.61 Å². The van der Waals surface area contributed by atoms with Crippen molar-refractivity contribution in [3.8, 4) is 11.8 Å². The van der Waals surface area contributed by atoms with Crippen LogP contribution >= 0.6 is 0 Å². The lowest BCUT2D eigenvalue weighted by Gasteiger charge is -2.39. The van der Waals surface area contributed by atoms with Gasteiger partial charge in [0.15, 0.2) is 0 Å². The maximum absolute atomic E-state index is 13.2. The van der Waals surface area contributed by atoms with Gasteiger partial charge >= 0.3 is 6.18 Å². The number of piperazine rings is 1. The molecule has 0 radical (unpaired) electrons. The third kappa shape index (κ3) is 4.74. The van der Waals surface area contributed by atoms with Crippen molar-refractivity contribution in [3.05, 3.63) is 42.2 Å². The molecule has 0 aromatic carbocycles. The number of nitrogens with two attached hydrogens (primary N) is 1. The zero-order valence-corrected chi connectivity index (χ0v) is 18.3. The van der Waals surface area contributed by atoms with Crippen LogP contribution in [0.5, 0.6) is 0 Å². The van der Waals surface area contributed by atoms with Crippen LogP contribution in [-0.4, -0.2) is 71.4 Å². The quantitative estimate of drug-likeness (QED) is 0.528. The minimum Gasteiger partial charge on any atom is -0.393 e. The molecular formula is C20H22F3N5O4S. The lowest BCUT2D eigenvalue weighted by molar-refractivity contribution is -0.277. The summed E-state index contributed by atoms with van der Waals surface area (Å²) in [5.41, 5.74) is 1.46. The predicted molar refractivity (Wildman–Crippen MR) is 113 cm³/mol. The average molecular weight is 485 g/mol. The molecule has 0 unspecified atom stereocenters. The van der Waals surface area contributed by atoms with Gasteiger partial charge in [0.25, 0.3) is 0 Å². The molecule has 2 atom stereocenters. The fourth-order valence-corrected chi connectivity index (χ4v) is 4.76. The molecule has 0 aliphatic carbocycles. The molecule has 4 N–H and O–H groups in total. The lowest BCUT2D eigenvalue weighted by Crippen LogP contribution is -2.54. The van der Waals surface area contributed by atoms with Crippen LogP contribution in [0, 0.1) is 11.8 Å². The number of anilines is 2. The summed E-state index contributed by atoms with van der Waals surface area (Å²) in [7, 11) is -3.87. The molecule has 2 aromatic rings. The van der Waals surface area contributed by atoms with Gasteiger partial charge in [0, 0.05) is 37.6 Å². The minimum atomic E-state index is -5.10. The molecule has 0 saturated carbocycles. The topological polar surface area (TPSA) is 133 Å². The van der Waals surface area contributed by atoms with Gasteiger partial charge in [-0.1, -0.05) is 12.0 Å². The summed E-state index contributed by atoms with van der Waals surface area (Å²) in [6.07, 6.45) is -3.10. The van der Waals surface area contributed by atoms with Crippen LogP contribution in [0.25, 0.3) is 0 Å². The second-order valence-electron chi connectivity index (χ2n) is 7.31. The van der Waals surface area contributed by atoms with Crippen molar-refractivity contribution in [2.45, 2.75) is 29.6 Å². The zero-order chi connectivity index (χ0) is 24.4. The van der Waals surface area contributed by atoms with Crippen molar-refractivity contribution in [1.82, 2.24) is 14.3 Å². The summed E-state index contributed by atoms with van der Waals surface area (Å²) in [6.45, 7) is 0.243. The Bertz CT molecular complexity index is 1150. The Morgan fingerprint density at radius 2 is 1.91 bits per heavy atom. The molecule has 1 saturated heterocycles. The zero-order valence-electron chi connectivity index (χ0n) is 17.5. The second kappa shape index (κ2) is 9.14. The van der Waals surface area contributed by atoms with E-state index in [1.807, 2.05) is 0 Å². The maximum atomic E-state index is 13.2. The Morgan fingerprint density at radius 1 is 1.18 bits per heavy atom. The van der Waals surface area contributed by atoms with Gasteiger partial charge in [0.2, 0.25) is 15.6 Å². The molecular weight excluding hydrogens is 463 g/mol. The summed E-state index contributed by atoms with van der Waals surface area (Å²) >= 11 is 0. The molecule has 13 heteroatoms. The van der Waals surface area contributed by atoms with Crippen molar-refractivity contribution in [3.63, 3.8) is 0 Å². The van der Waals surface area contributed by atoms with Crippen molar-refractivity contribution >= 4 is 21.7 Å². The van der Waals surface area contributed by atoms with Crippen LogP contribution in [0.3, 0.4) is 0 Å². The van der Waals surface area contributed by atoms with Gasteiger partial charge < -0.3 is 20.8 Å². The molecule has 3 heterocycles. The molecule has 0 amide bonds. The highest BCUT2D eigenvalue weighted by Crippen LogP contribution is 2.38. The largest absolute Gasteiger partial charge is 0.423 e. The number of aromatic nitrogens is 2. The number of nitrogen functional groups attached to an aromatic ring is 1.